The second kappa shape index (κ2) is 6.30. The van der Waals surface area contributed by atoms with Gasteiger partial charge in [0, 0.05) is 11.4 Å². The Balaban J connectivity index is 1.95. The standard InChI is InChI=1S/C15H19N5O2/c1-15(2,3)22-14(21)20-12-6-4-11(5-7-12)19-13-17-8-10(16)9-18-13/h4-9H,16H2,1-3H3,(H,20,21)(H,17,18,19). The van der Waals surface area contributed by atoms with Gasteiger partial charge in [-0.3, -0.25) is 5.32 Å². The Morgan fingerprint density at radius 2 is 1.64 bits per heavy atom. The molecule has 0 bridgehead atoms. The zero-order valence-electron chi connectivity index (χ0n) is 12.8. The number of hydrogen-bond donors (Lipinski definition) is 3. The van der Waals surface area contributed by atoms with Crippen LogP contribution in [-0.4, -0.2) is 21.7 Å². The van der Waals surface area contributed by atoms with E-state index in [1.54, 1.807) is 24.3 Å². The first-order valence-corrected chi connectivity index (χ1v) is 6.76. The third-order valence-corrected chi connectivity index (χ3v) is 2.46. The second-order valence-corrected chi connectivity index (χ2v) is 5.67. The number of carbonyl (C=O) groups is 1. The van der Waals surface area contributed by atoms with Crippen molar-refractivity contribution in [1.29, 1.82) is 0 Å². The normalized spacial score (nSPS) is 10.9. The van der Waals surface area contributed by atoms with E-state index in [-0.39, 0.29) is 0 Å². The summed E-state index contributed by atoms with van der Waals surface area (Å²) in [6.07, 6.45) is 2.55. The van der Waals surface area contributed by atoms with E-state index in [2.05, 4.69) is 20.6 Å². The van der Waals surface area contributed by atoms with Gasteiger partial charge in [0.15, 0.2) is 0 Å². The average molecular weight is 301 g/mol. The van der Waals surface area contributed by atoms with Gasteiger partial charge in [0.2, 0.25) is 5.95 Å². The molecule has 7 heteroatoms. The minimum Gasteiger partial charge on any atom is -0.444 e. The van der Waals surface area contributed by atoms with Crippen molar-refractivity contribution in [2.75, 3.05) is 16.4 Å². The van der Waals surface area contributed by atoms with E-state index >= 15 is 0 Å². The van der Waals surface area contributed by atoms with Gasteiger partial charge in [-0.2, -0.15) is 0 Å². The molecule has 0 radical (unpaired) electrons. The molecule has 0 spiro atoms. The van der Waals surface area contributed by atoms with Gasteiger partial charge in [0.05, 0.1) is 18.1 Å². The van der Waals surface area contributed by atoms with Crippen molar-refractivity contribution >= 4 is 29.1 Å². The number of amides is 1. The SMILES string of the molecule is CC(C)(C)OC(=O)Nc1ccc(Nc2ncc(N)cn2)cc1. The van der Waals surface area contributed by atoms with Gasteiger partial charge in [0.1, 0.15) is 5.60 Å². The lowest BCUT2D eigenvalue weighted by Gasteiger charge is -2.19. The van der Waals surface area contributed by atoms with Gasteiger partial charge < -0.3 is 15.8 Å². The average Bonchev–Trinajstić information content (AvgIpc) is 2.41. The van der Waals surface area contributed by atoms with Gasteiger partial charge in [-0.1, -0.05) is 0 Å². The monoisotopic (exact) mass is 301 g/mol. The zero-order chi connectivity index (χ0) is 16.2. The van der Waals surface area contributed by atoms with Gasteiger partial charge in [-0.25, -0.2) is 14.8 Å². The molecule has 4 N–H and O–H groups in total. The molecule has 0 aliphatic rings. The molecule has 0 saturated carbocycles. The molecule has 1 aromatic carbocycles. The van der Waals surface area contributed by atoms with Crippen LogP contribution in [0.15, 0.2) is 36.7 Å². The molecule has 1 aromatic heterocycles. The highest BCUT2D eigenvalue weighted by molar-refractivity contribution is 5.85. The van der Waals surface area contributed by atoms with E-state index < -0.39 is 11.7 Å². The van der Waals surface area contributed by atoms with E-state index in [0.717, 1.165) is 5.69 Å². The van der Waals surface area contributed by atoms with Crippen LogP contribution >= 0.6 is 0 Å². The Kier molecular flexibility index (Phi) is 4.45. The number of nitrogens with zero attached hydrogens (tertiary/aromatic N) is 2. The highest BCUT2D eigenvalue weighted by Crippen LogP contribution is 2.17. The lowest BCUT2D eigenvalue weighted by Crippen LogP contribution is -2.27. The summed E-state index contributed by atoms with van der Waals surface area (Å²) in [5.41, 5.74) is 6.93. The minimum atomic E-state index is -0.530. The predicted molar refractivity (Wildman–Crippen MR) is 86.0 cm³/mol. The zero-order valence-corrected chi connectivity index (χ0v) is 12.8. The molecule has 0 atom stereocenters. The number of hydrogen-bond acceptors (Lipinski definition) is 6. The molecule has 0 aliphatic heterocycles. The van der Waals surface area contributed by atoms with E-state index in [1.165, 1.54) is 12.4 Å². The molecule has 0 aliphatic carbocycles. The fourth-order valence-corrected chi connectivity index (χ4v) is 1.59. The summed E-state index contributed by atoms with van der Waals surface area (Å²) in [7, 11) is 0. The predicted octanol–water partition coefficient (Wildman–Crippen LogP) is 3.15. The highest BCUT2D eigenvalue weighted by atomic mass is 16.6. The Hall–Kier alpha value is -2.83. The van der Waals surface area contributed by atoms with Gasteiger partial charge in [0.25, 0.3) is 0 Å². The molecule has 0 unspecified atom stereocenters. The molecule has 0 saturated heterocycles. The Morgan fingerprint density at radius 3 is 2.18 bits per heavy atom. The minimum absolute atomic E-state index is 0.446. The van der Waals surface area contributed by atoms with Gasteiger partial charge in [-0.15, -0.1) is 0 Å². The van der Waals surface area contributed by atoms with Crippen molar-refractivity contribution in [3.05, 3.63) is 36.7 Å². The topological polar surface area (TPSA) is 102 Å². The molecule has 2 aromatic rings. The maximum atomic E-state index is 11.7. The third-order valence-electron chi connectivity index (χ3n) is 2.46. The van der Waals surface area contributed by atoms with E-state index in [4.69, 9.17) is 10.5 Å². The molecule has 1 heterocycles. The number of nitrogen functional groups attached to an aromatic ring is 1. The highest BCUT2D eigenvalue weighted by Gasteiger charge is 2.16. The van der Waals surface area contributed by atoms with Gasteiger partial charge >= 0.3 is 6.09 Å². The summed E-state index contributed by atoms with van der Waals surface area (Å²) in [5.74, 6) is 0.446. The van der Waals surface area contributed by atoms with Crippen LogP contribution in [0.1, 0.15) is 20.8 Å². The summed E-state index contributed by atoms with van der Waals surface area (Å²) in [6, 6.07) is 7.10. The third kappa shape index (κ3) is 4.93. The maximum Gasteiger partial charge on any atom is 0.412 e. The summed E-state index contributed by atoms with van der Waals surface area (Å²) < 4.78 is 5.18. The van der Waals surface area contributed by atoms with Crippen LogP contribution in [0.3, 0.4) is 0 Å². The Labute approximate surface area is 128 Å². The van der Waals surface area contributed by atoms with Crippen LogP contribution in [0.2, 0.25) is 0 Å². The molecule has 22 heavy (non-hydrogen) atoms. The maximum absolute atomic E-state index is 11.7. The van der Waals surface area contributed by atoms with Crippen molar-refractivity contribution in [1.82, 2.24) is 9.97 Å². The number of nitrogens with two attached hydrogens (primary N) is 1. The van der Waals surface area contributed by atoms with Crippen LogP contribution in [0, 0.1) is 0 Å². The number of rotatable bonds is 3. The lowest BCUT2D eigenvalue weighted by molar-refractivity contribution is 0.0636. The smallest absolute Gasteiger partial charge is 0.412 e. The van der Waals surface area contributed by atoms with Crippen LogP contribution in [0.25, 0.3) is 0 Å². The van der Waals surface area contributed by atoms with Crippen molar-refractivity contribution in [3.8, 4) is 0 Å². The molecule has 1 amide bonds. The first-order valence-electron chi connectivity index (χ1n) is 6.76. The molecule has 0 fully saturated rings. The Bertz CT molecular complexity index is 632. The molecule has 2 rings (SSSR count). The molecule has 116 valence electrons. The Morgan fingerprint density at radius 1 is 1.09 bits per heavy atom. The van der Waals surface area contributed by atoms with Crippen LogP contribution in [0.4, 0.5) is 27.8 Å². The number of benzene rings is 1. The summed E-state index contributed by atoms with van der Waals surface area (Å²) >= 11 is 0. The number of ether oxygens (including phenoxy) is 1. The van der Waals surface area contributed by atoms with Crippen LogP contribution in [-0.2, 0) is 4.74 Å². The van der Waals surface area contributed by atoms with Crippen LogP contribution < -0.4 is 16.4 Å². The summed E-state index contributed by atoms with van der Waals surface area (Å²) in [6.45, 7) is 5.44. The molecular formula is C15H19N5O2. The van der Waals surface area contributed by atoms with E-state index in [0.29, 0.717) is 17.3 Å². The molecule has 7 nitrogen and oxygen atoms in total. The number of aromatic nitrogens is 2. The first-order chi connectivity index (χ1) is 10.3. The van der Waals surface area contributed by atoms with Gasteiger partial charge in [-0.05, 0) is 45.0 Å². The quantitative estimate of drug-likeness (QED) is 0.805. The van der Waals surface area contributed by atoms with Crippen molar-refractivity contribution < 1.29 is 9.53 Å². The van der Waals surface area contributed by atoms with E-state index in [9.17, 15) is 4.79 Å². The number of anilines is 4. The van der Waals surface area contributed by atoms with Crippen LogP contribution in [0.5, 0.6) is 0 Å². The summed E-state index contributed by atoms with van der Waals surface area (Å²) in [5, 5.41) is 5.69. The molecular weight excluding hydrogens is 282 g/mol. The van der Waals surface area contributed by atoms with Crippen molar-refractivity contribution in [2.45, 2.75) is 26.4 Å². The van der Waals surface area contributed by atoms with Crippen molar-refractivity contribution in [2.24, 2.45) is 0 Å². The largest absolute Gasteiger partial charge is 0.444 e. The fraction of sp³-hybridized carbons (Fsp3) is 0.267. The number of nitrogens with one attached hydrogen (secondary N) is 2. The van der Waals surface area contributed by atoms with Crippen molar-refractivity contribution in [3.63, 3.8) is 0 Å². The first kappa shape index (κ1) is 15.6. The second-order valence-electron chi connectivity index (χ2n) is 5.67. The van der Waals surface area contributed by atoms with E-state index in [1.807, 2.05) is 20.8 Å². The summed E-state index contributed by atoms with van der Waals surface area (Å²) in [4.78, 5) is 19.8. The number of carbonyl (C=O) groups excluding carboxylic acids is 1. The fourth-order valence-electron chi connectivity index (χ4n) is 1.59. The lowest BCUT2D eigenvalue weighted by atomic mass is 10.2.